The Bertz CT molecular complexity index is 1850. The maximum absolute atomic E-state index is 13.6. The van der Waals surface area contributed by atoms with E-state index in [-0.39, 0.29) is 11.6 Å². The van der Waals surface area contributed by atoms with Crippen LogP contribution in [0, 0.1) is 0 Å². The minimum absolute atomic E-state index is 0.0237. The van der Waals surface area contributed by atoms with E-state index in [9.17, 15) is 19.2 Å². The number of rotatable bonds is 11. The van der Waals surface area contributed by atoms with E-state index in [2.05, 4.69) is 16.0 Å². The molecule has 0 fully saturated rings. The lowest BCUT2D eigenvalue weighted by atomic mass is 9.96. The molecule has 0 saturated carbocycles. The second-order valence-electron chi connectivity index (χ2n) is 11.5. The van der Waals surface area contributed by atoms with E-state index >= 15 is 0 Å². The number of para-hydroxylation sites is 1. The normalized spacial score (nSPS) is 13.6. The SMILES string of the molecule is COC(=O)c1c(NC(=O)C(C)Sc2cccc(NC(=O)/C(=C\c3ccccc3OC)NC(=O)c3ccccc3)c2)sc2c1CCCCCC2. The third-order valence-corrected chi connectivity index (χ3v) is 10.3. The fourth-order valence-corrected chi connectivity index (χ4v) is 7.73. The number of carbonyl (C=O) groups is 4. The minimum Gasteiger partial charge on any atom is -0.496 e. The Kier molecular flexibility index (Phi) is 12.3. The van der Waals surface area contributed by atoms with Crippen LogP contribution >= 0.6 is 23.1 Å². The molecule has 1 aliphatic rings. The van der Waals surface area contributed by atoms with E-state index in [1.54, 1.807) is 73.7 Å². The van der Waals surface area contributed by atoms with Gasteiger partial charge in [0.25, 0.3) is 11.8 Å². The first-order valence-electron chi connectivity index (χ1n) is 16.1. The zero-order chi connectivity index (χ0) is 34.8. The largest absolute Gasteiger partial charge is 0.496 e. The van der Waals surface area contributed by atoms with Gasteiger partial charge in [-0.1, -0.05) is 55.3 Å². The van der Waals surface area contributed by atoms with Crippen molar-refractivity contribution in [3.05, 3.63) is 112 Å². The van der Waals surface area contributed by atoms with Crippen LogP contribution in [0.4, 0.5) is 10.7 Å². The molecule has 0 aliphatic heterocycles. The van der Waals surface area contributed by atoms with Gasteiger partial charge in [-0.2, -0.15) is 0 Å². The summed E-state index contributed by atoms with van der Waals surface area (Å²) in [6.07, 6.45) is 7.56. The highest BCUT2D eigenvalue weighted by atomic mass is 32.2. The number of anilines is 2. The maximum atomic E-state index is 13.6. The third kappa shape index (κ3) is 9.18. The zero-order valence-electron chi connectivity index (χ0n) is 27.7. The lowest BCUT2D eigenvalue weighted by Gasteiger charge is -2.15. The topological polar surface area (TPSA) is 123 Å². The number of carbonyl (C=O) groups excluding carboxylic acids is 4. The van der Waals surface area contributed by atoms with Crippen molar-refractivity contribution in [2.75, 3.05) is 24.9 Å². The van der Waals surface area contributed by atoms with E-state index in [1.807, 2.05) is 18.2 Å². The third-order valence-electron chi connectivity index (χ3n) is 8.04. The molecule has 11 heteroatoms. The number of aryl methyl sites for hydroxylation is 1. The van der Waals surface area contributed by atoms with Gasteiger partial charge in [-0.25, -0.2) is 4.79 Å². The summed E-state index contributed by atoms with van der Waals surface area (Å²) in [7, 11) is 2.90. The van der Waals surface area contributed by atoms with Crippen molar-refractivity contribution in [3.63, 3.8) is 0 Å². The molecule has 3 N–H and O–H groups in total. The standard InChI is InChI=1S/C38H39N3O6S2/c1-24(34(42)41-37-33(38(45)47-3)29-19-9-4-5-10-21-32(29)49-37)48-28-18-13-17-27(23-28)39-36(44)30(22-26-16-11-12-20-31(26)46-2)40-35(43)25-14-7-6-8-15-25/h6-8,11-18,20,22-24H,4-5,9-10,19,21H2,1-3H3,(H,39,44)(H,40,43)(H,41,42)/b30-22+. The van der Waals surface area contributed by atoms with Gasteiger partial charge < -0.3 is 25.4 Å². The molecule has 9 nitrogen and oxygen atoms in total. The smallest absolute Gasteiger partial charge is 0.341 e. The number of thioether (sulfide) groups is 1. The lowest BCUT2D eigenvalue weighted by molar-refractivity contribution is -0.115. The van der Waals surface area contributed by atoms with Gasteiger partial charge in [-0.05, 0) is 80.6 Å². The van der Waals surface area contributed by atoms with Crippen molar-refractivity contribution in [1.82, 2.24) is 5.32 Å². The fraction of sp³-hybridized carbons (Fsp3) is 0.263. The van der Waals surface area contributed by atoms with Gasteiger partial charge in [0.1, 0.15) is 16.4 Å². The molecule has 5 rings (SSSR count). The summed E-state index contributed by atoms with van der Waals surface area (Å²) >= 11 is 2.79. The monoisotopic (exact) mass is 697 g/mol. The second kappa shape index (κ2) is 17.0. The summed E-state index contributed by atoms with van der Waals surface area (Å²) in [5.41, 5.74) is 2.98. The number of amides is 3. The van der Waals surface area contributed by atoms with Crippen LogP contribution < -0.4 is 20.7 Å². The molecule has 3 aromatic carbocycles. The Morgan fingerprint density at radius 2 is 1.59 bits per heavy atom. The van der Waals surface area contributed by atoms with Gasteiger partial charge in [0.05, 0.1) is 25.0 Å². The number of hydrogen-bond donors (Lipinski definition) is 3. The van der Waals surface area contributed by atoms with Crippen LogP contribution in [0.15, 0.2) is 89.5 Å². The molecular formula is C38H39N3O6S2. The van der Waals surface area contributed by atoms with E-state index in [0.717, 1.165) is 53.9 Å². The van der Waals surface area contributed by atoms with Crippen LogP contribution in [0.5, 0.6) is 5.75 Å². The van der Waals surface area contributed by atoms with Crippen molar-refractivity contribution >= 4 is 63.6 Å². The van der Waals surface area contributed by atoms with Gasteiger partial charge in [0.15, 0.2) is 0 Å². The number of thiophene rings is 1. The fourth-order valence-electron chi connectivity index (χ4n) is 5.53. The number of fused-ring (bicyclic) bond motifs is 1. The van der Waals surface area contributed by atoms with E-state index < -0.39 is 23.0 Å². The molecule has 3 amide bonds. The van der Waals surface area contributed by atoms with Gasteiger partial charge in [-0.15, -0.1) is 23.1 Å². The molecule has 1 atom stereocenters. The summed E-state index contributed by atoms with van der Waals surface area (Å²) in [5.74, 6) is -1.11. The molecule has 1 aromatic heterocycles. The molecule has 0 bridgehead atoms. The first-order valence-corrected chi connectivity index (χ1v) is 17.8. The highest BCUT2D eigenvalue weighted by molar-refractivity contribution is 8.00. The van der Waals surface area contributed by atoms with Gasteiger partial charge in [-0.3, -0.25) is 14.4 Å². The van der Waals surface area contributed by atoms with Crippen molar-refractivity contribution in [3.8, 4) is 5.75 Å². The van der Waals surface area contributed by atoms with Crippen LogP contribution in [-0.2, 0) is 27.2 Å². The number of methoxy groups -OCH3 is 2. The van der Waals surface area contributed by atoms with Crippen LogP contribution in [-0.4, -0.2) is 43.2 Å². The van der Waals surface area contributed by atoms with Gasteiger partial charge in [0, 0.05) is 26.6 Å². The van der Waals surface area contributed by atoms with Crippen molar-refractivity contribution in [2.24, 2.45) is 0 Å². The highest BCUT2D eigenvalue weighted by Crippen LogP contribution is 2.38. The number of nitrogens with one attached hydrogen (secondary N) is 3. The molecule has 4 aromatic rings. The molecule has 49 heavy (non-hydrogen) atoms. The molecule has 1 heterocycles. The van der Waals surface area contributed by atoms with E-state index in [0.29, 0.717) is 33.1 Å². The molecule has 1 aliphatic carbocycles. The van der Waals surface area contributed by atoms with Crippen molar-refractivity contribution in [1.29, 1.82) is 0 Å². The predicted molar refractivity (Wildman–Crippen MR) is 195 cm³/mol. The van der Waals surface area contributed by atoms with Crippen LogP contribution in [0.1, 0.15) is 69.3 Å². The molecule has 0 radical (unpaired) electrons. The van der Waals surface area contributed by atoms with Crippen molar-refractivity contribution < 1.29 is 28.7 Å². The Labute approximate surface area is 294 Å². The number of benzene rings is 3. The Morgan fingerprint density at radius 3 is 2.35 bits per heavy atom. The summed E-state index contributed by atoms with van der Waals surface area (Å²) in [6.45, 7) is 1.79. The average molecular weight is 698 g/mol. The molecule has 0 saturated heterocycles. The summed E-state index contributed by atoms with van der Waals surface area (Å²) in [6, 6.07) is 22.9. The van der Waals surface area contributed by atoms with E-state index in [1.165, 1.54) is 37.3 Å². The first kappa shape index (κ1) is 35.4. The highest BCUT2D eigenvalue weighted by Gasteiger charge is 2.27. The number of hydrogen-bond acceptors (Lipinski definition) is 8. The minimum atomic E-state index is -0.535. The zero-order valence-corrected chi connectivity index (χ0v) is 29.3. The molecule has 1 unspecified atom stereocenters. The van der Waals surface area contributed by atoms with Crippen LogP contribution in [0.3, 0.4) is 0 Å². The molecular weight excluding hydrogens is 659 g/mol. The summed E-state index contributed by atoms with van der Waals surface area (Å²) in [5, 5.41) is 8.63. The lowest BCUT2D eigenvalue weighted by Crippen LogP contribution is -2.30. The quantitative estimate of drug-likeness (QED) is 0.0833. The Morgan fingerprint density at radius 1 is 0.857 bits per heavy atom. The second-order valence-corrected chi connectivity index (χ2v) is 14.0. The summed E-state index contributed by atoms with van der Waals surface area (Å²) in [4.78, 5) is 54.8. The van der Waals surface area contributed by atoms with E-state index in [4.69, 9.17) is 9.47 Å². The molecule has 254 valence electrons. The maximum Gasteiger partial charge on any atom is 0.341 e. The summed E-state index contributed by atoms with van der Waals surface area (Å²) < 4.78 is 10.6. The first-order chi connectivity index (χ1) is 23.8. The number of esters is 1. The Hall–Kier alpha value is -4.87. The van der Waals surface area contributed by atoms with Crippen LogP contribution in [0.25, 0.3) is 6.08 Å². The Balaban J connectivity index is 1.31. The predicted octanol–water partition coefficient (Wildman–Crippen LogP) is 7.73. The van der Waals surface area contributed by atoms with Gasteiger partial charge >= 0.3 is 5.97 Å². The average Bonchev–Trinajstić information content (AvgIpc) is 3.43. The van der Waals surface area contributed by atoms with Gasteiger partial charge in [0.2, 0.25) is 5.91 Å². The van der Waals surface area contributed by atoms with Crippen molar-refractivity contribution in [2.45, 2.75) is 55.6 Å². The number of ether oxygens (including phenoxy) is 2. The molecule has 0 spiro atoms. The van der Waals surface area contributed by atoms with Crippen LogP contribution in [0.2, 0.25) is 0 Å².